The van der Waals surface area contributed by atoms with Gasteiger partial charge < -0.3 is 15.4 Å². The van der Waals surface area contributed by atoms with Crippen LogP contribution in [0.15, 0.2) is 24.3 Å². The van der Waals surface area contributed by atoms with Gasteiger partial charge in [-0.1, -0.05) is 12.1 Å². The molecule has 1 heterocycles. The predicted molar refractivity (Wildman–Crippen MR) is 88.7 cm³/mol. The van der Waals surface area contributed by atoms with Crippen LogP contribution in [0.2, 0.25) is 0 Å². The second-order valence-electron chi connectivity index (χ2n) is 6.26. The lowest BCUT2D eigenvalue weighted by Crippen LogP contribution is -2.36. The summed E-state index contributed by atoms with van der Waals surface area (Å²) in [5, 5.41) is 0. The van der Waals surface area contributed by atoms with Crippen molar-refractivity contribution in [3.8, 4) is 0 Å². The fourth-order valence-electron chi connectivity index (χ4n) is 3.05. The normalized spacial score (nSPS) is 20.5. The molecule has 2 unspecified atom stereocenters. The number of rotatable bonds is 6. The number of hydrogen-bond donors (Lipinski definition) is 1. The van der Waals surface area contributed by atoms with Gasteiger partial charge in [0.15, 0.2) is 0 Å². The van der Waals surface area contributed by atoms with Gasteiger partial charge >= 0.3 is 0 Å². The van der Waals surface area contributed by atoms with Crippen molar-refractivity contribution in [2.75, 3.05) is 52.3 Å². The van der Waals surface area contributed by atoms with E-state index in [1.807, 2.05) is 0 Å². The Kier molecular flexibility index (Phi) is 6.03. The van der Waals surface area contributed by atoms with Crippen LogP contribution < -0.4 is 10.6 Å². The molecule has 2 N–H and O–H groups in total. The number of nitrogens with two attached hydrogens (primary N) is 1. The Balaban J connectivity index is 2.00. The molecule has 4 heteroatoms. The van der Waals surface area contributed by atoms with E-state index in [9.17, 15) is 0 Å². The first-order chi connectivity index (χ1) is 10.1. The molecule has 0 spiro atoms. The molecule has 118 valence electrons. The first kappa shape index (κ1) is 16.3. The SMILES string of the molecule is CN(C)c1ccc(C(CN)N(C)CC2CCCOC2)cc1. The molecule has 1 fully saturated rings. The van der Waals surface area contributed by atoms with Crippen LogP contribution in [0.1, 0.15) is 24.4 Å². The fraction of sp³-hybridized carbons (Fsp3) is 0.647. The zero-order valence-electron chi connectivity index (χ0n) is 13.6. The lowest BCUT2D eigenvalue weighted by atomic mass is 9.99. The third-order valence-corrected chi connectivity index (χ3v) is 4.35. The van der Waals surface area contributed by atoms with E-state index in [1.165, 1.54) is 24.1 Å². The van der Waals surface area contributed by atoms with Crippen LogP contribution in [0.4, 0.5) is 5.69 Å². The Morgan fingerprint density at radius 1 is 1.24 bits per heavy atom. The summed E-state index contributed by atoms with van der Waals surface area (Å²) in [7, 11) is 6.29. The third kappa shape index (κ3) is 4.43. The maximum absolute atomic E-state index is 6.03. The molecule has 1 aromatic carbocycles. The summed E-state index contributed by atoms with van der Waals surface area (Å²) in [4.78, 5) is 4.49. The van der Waals surface area contributed by atoms with Gasteiger partial charge in [-0.25, -0.2) is 0 Å². The Morgan fingerprint density at radius 2 is 1.95 bits per heavy atom. The average molecular weight is 291 g/mol. The minimum absolute atomic E-state index is 0.281. The molecule has 1 aromatic rings. The highest BCUT2D eigenvalue weighted by Gasteiger charge is 2.21. The Hall–Kier alpha value is -1.10. The number of hydrogen-bond acceptors (Lipinski definition) is 4. The molecule has 1 saturated heterocycles. The molecule has 21 heavy (non-hydrogen) atoms. The number of likely N-dealkylation sites (N-methyl/N-ethyl adjacent to an activating group) is 1. The molecule has 0 amide bonds. The van der Waals surface area contributed by atoms with Gasteiger partial charge in [0.25, 0.3) is 0 Å². The van der Waals surface area contributed by atoms with E-state index < -0.39 is 0 Å². The zero-order chi connectivity index (χ0) is 15.2. The van der Waals surface area contributed by atoms with Gasteiger partial charge in [-0.2, -0.15) is 0 Å². The van der Waals surface area contributed by atoms with Crippen LogP contribution in [-0.4, -0.2) is 52.3 Å². The van der Waals surface area contributed by atoms with Gasteiger partial charge in [0.05, 0.1) is 6.61 Å². The topological polar surface area (TPSA) is 41.7 Å². The Labute approximate surface area is 128 Å². The van der Waals surface area contributed by atoms with Crippen molar-refractivity contribution in [3.05, 3.63) is 29.8 Å². The number of anilines is 1. The van der Waals surface area contributed by atoms with Crippen LogP contribution in [0, 0.1) is 5.92 Å². The van der Waals surface area contributed by atoms with Crippen molar-refractivity contribution in [2.24, 2.45) is 11.7 Å². The third-order valence-electron chi connectivity index (χ3n) is 4.35. The summed E-state index contributed by atoms with van der Waals surface area (Å²) in [6.45, 7) is 3.51. The Bertz CT molecular complexity index is 413. The molecule has 1 aliphatic rings. The van der Waals surface area contributed by atoms with Crippen molar-refractivity contribution in [2.45, 2.75) is 18.9 Å². The molecular weight excluding hydrogens is 262 g/mol. The van der Waals surface area contributed by atoms with E-state index >= 15 is 0 Å². The molecule has 0 bridgehead atoms. The van der Waals surface area contributed by atoms with Crippen molar-refractivity contribution in [1.29, 1.82) is 0 Å². The monoisotopic (exact) mass is 291 g/mol. The first-order valence-electron chi connectivity index (χ1n) is 7.87. The molecule has 0 aromatic heterocycles. The molecule has 2 rings (SSSR count). The van der Waals surface area contributed by atoms with E-state index in [4.69, 9.17) is 10.5 Å². The van der Waals surface area contributed by atoms with Gasteiger partial charge in [0, 0.05) is 45.5 Å². The smallest absolute Gasteiger partial charge is 0.0506 e. The molecule has 0 aliphatic carbocycles. The highest BCUT2D eigenvalue weighted by molar-refractivity contribution is 5.46. The van der Waals surface area contributed by atoms with Crippen molar-refractivity contribution in [1.82, 2.24) is 4.90 Å². The molecule has 0 saturated carbocycles. The zero-order valence-corrected chi connectivity index (χ0v) is 13.6. The summed E-state index contributed by atoms with van der Waals surface area (Å²) >= 11 is 0. The van der Waals surface area contributed by atoms with E-state index in [2.05, 4.69) is 55.2 Å². The van der Waals surface area contributed by atoms with Crippen LogP contribution >= 0.6 is 0 Å². The van der Waals surface area contributed by atoms with Crippen molar-refractivity contribution < 1.29 is 4.74 Å². The van der Waals surface area contributed by atoms with Gasteiger partial charge in [-0.15, -0.1) is 0 Å². The predicted octanol–water partition coefficient (Wildman–Crippen LogP) is 2.11. The highest BCUT2D eigenvalue weighted by Crippen LogP contribution is 2.24. The highest BCUT2D eigenvalue weighted by atomic mass is 16.5. The second-order valence-corrected chi connectivity index (χ2v) is 6.26. The summed E-state index contributed by atoms with van der Waals surface area (Å²) in [5.74, 6) is 0.638. The van der Waals surface area contributed by atoms with E-state index in [0.717, 1.165) is 19.8 Å². The average Bonchev–Trinajstić information content (AvgIpc) is 2.49. The van der Waals surface area contributed by atoms with Gasteiger partial charge in [-0.05, 0) is 43.5 Å². The van der Waals surface area contributed by atoms with E-state index in [0.29, 0.717) is 12.5 Å². The Morgan fingerprint density at radius 3 is 2.48 bits per heavy atom. The minimum Gasteiger partial charge on any atom is -0.381 e. The van der Waals surface area contributed by atoms with Gasteiger partial charge in [0.2, 0.25) is 0 Å². The molecule has 1 aliphatic heterocycles. The number of ether oxygens (including phenoxy) is 1. The summed E-state index contributed by atoms with van der Waals surface area (Å²) in [5.41, 5.74) is 8.54. The number of benzene rings is 1. The summed E-state index contributed by atoms with van der Waals surface area (Å²) in [6, 6.07) is 9.00. The first-order valence-corrected chi connectivity index (χ1v) is 7.87. The maximum atomic E-state index is 6.03. The van der Waals surface area contributed by atoms with Crippen LogP contribution in [0.25, 0.3) is 0 Å². The minimum atomic E-state index is 0.281. The molecule has 0 radical (unpaired) electrons. The molecule has 4 nitrogen and oxygen atoms in total. The number of nitrogens with zero attached hydrogens (tertiary/aromatic N) is 2. The molecular formula is C17H29N3O. The van der Waals surface area contributed by atoms with Gasteiger partial charge in [0.1, 0.15) is 0 Å². The lowest BCUT2D eigenvalue weighted by Gasteiger charge is -2.32. The second kappa shape index (κ2) is 7.78. The van der Waals surface area contributed by atoms with Crippen LogP contribution in [0.5, 0.6) is 0 Å². The van der Waals surface area contributed by atoms with Crippen molar-refractivity contribution >= 4 is 5.69 Å². The molecule has 2 atom stereocenters. The van der Waals surface area contributed by atoms with Crippen LogP contribution in [-0.2, 0) is 4.74 Å². The quantitative estimate of drug-likeness (QED) is 0.871. The maximum Gasteiger partial charge on any atom is 0.0506 e. The van der Waals surface area contributed by atoms with Crippen molar-refractivity contribution in [3.63, 3.8) is 0 Å². The fourth-order valence-corrected chi connectivity index (χ4v) is 3.05. The van der Waals surface area contributed by atoms with E-state index in [-0.39, 0.29) is 6.04 Å². The summed E-state index contributed by atoms with van der Waals surface area (Å²) in [6.07, 6.45) is 2.45. The van der Waals surface area contributed by atoms with Crippen LogP contribution in [0.3, 0.4) is 0 Å². The summed E-state index contributed by atoms with van der Waals surface area (Å²) < 4.78 is 5.58. The van der Waals surface area contributed by atoms with Gasteiger partial charge in [-0.3, -0.25) is 4.90 Å². The lowest BCUT2D eigenvalue weighted by molar-refractivity contribution is 0.0365. The standard InChI is InChI=1S/C17H29N3O/c1-19(2)16-8-6-15(7-9-16)17(11-18)20(3)12-14-5-4-10-21-13-14/h6-9,14,17H,4-5,10-13,18H2,1-3H3. The largest absolute Gasteiger partial charge is 0.381 e. The van der Waals surface area contributed by atoms with E-state index in [1.54, 1.807) is 0 Å².